The zero-order chi connectivity index (χ0) is 18.3. The molecule has 0 aliphatic carbocycles. The van der Waals surface area contributed by atoms with E-state index in [4.69, 9.17) is 4.74 Å². The zero-order valence-corrected chi connectivity index (χ0v) is 15.9. The lowest BCUT2D eigenvalue weighted by Crippen LogP contribution is -2.37. The first-order valence-corrected chi connectivity index (χ1v) is 10.2. The van der Waals surface area contributed by atoms with Crippen molar-refractivity contribution in [2.24, 2.45) is 0 Å². The highest BCUT2D eigenvalue weighted by Crippen LogP contribution is 2.21. The fraction of sp³-hybridized carbons (Fsp3) is 0.353. The van der Waals surface area contributed by atoms with E-state index in [9.17, 15) is 13.2 Å². The second-order valence-electron chi connectivity index (χ2n) is 5.35. The maximum absolute atomic E-state index is 12.1. The predicted molar refractivity (Wildman–Crippen MR) is 98.6 cm³/mol. The SMILES string of the molecule is CCc1ccc(S(=O)(=O)NCC(=O)NCCc2ccc(OC)cc2)s1. The second kappa shape index (κ2) is 8.98. The predicted octanol–water partition coefficient (Wildman–Crippen LogP) is 1.96. The first kappa shape index (κ1) is 19.4. The minimum atomic E-state index is -3.64. The Morgan fingerprint density at radius 2 is 1.88 bits per heavy atom. The number of nitrogens with one attached hydrogen (secondary N) is 2. The number of rotatable bonds is 9. The number of methoxy groups -OCH3 is 1. The Morgan fingerprint density at radius 3 is 2.48 bits per heavy atom. The molecule has 0 saturated carbocycles. The average molecular weight is 383 g/mol. The van der Waals surface area contributed by atoms with E-state index in [2.05, 4.69) is 10.0 Å². The monoisotopic (exact) mass is 382 g/mol. The number of sulfonamides is 1. The first-order chi connectivity index (χ1) is 11.9. The largest absolute Gasteiger partial charge is 0.497 e. The van der Waals surface area contributed by atoms with Crippen LogP contribution in [0.15, 0.2) is 40.6 Å². The van der Waals surface area contributed by atoms with Crippen LogP contribution < -0.4 is 14.8 Å². The van der Waals surface area contributed by atoms with Crippen LogP contribution in [-0.4, -0.2) is 34.5 Å². The van der Waals surface area contributed by atoms with Crippen LogP contribution in [0.25, 0.3) is 0 Å². The molecule has 2 N–H and O–H groups in total. The normalized spacial score (nSPS) is 11.3. The van der Waals surface area contributed by atoms with Gasteiger partial charge < -0.3 is 10.1 Å². The number of thiophene rings is 1. The van der Waals surface area contributed by atoms with Crippen molar-refractivity contribution in [1.82, 2.24) is 10.0 Å². The minimum absolute atomic E-state index is 0.232. The van der Waals surface area contributed by atoms with E-state index in [1.165, 1.54) is 11.3 Å². The summed E-state index contributed by atoms with van der Waals surface area (Å²) in [6.45, 7) is 2.13. The van der Waals surface area contributed by atoms with Crippen LogP contribution >= 0.6 is 11.3 Å². The molecule has 2 aromatic rings. The van der Waals surface area contributed by atoms with Gasteiger partial charge in [-0.1, -0.05) is 19.1 Å². The zero-order valence-electron chi connectivity index (χ0n) is 14.2. The standard InChI is InChI=1S/C17H22N2O4S2/c1-3-15-8-9-17(24-15)25(21,22)19-12-16(20)18-11-10-13-4-6-14(23-2)7-5-13/h4-9,19H,3,10-12H2,1-2H3,(H,18,20). The van der Waals surface area contributed by atoms with Gasteiger partial charge in [-0.15, -0.1) is 11.3 Å². The fourth-order valence-corrected chi connectivity index (χ4v) is 4.45. The molecule has 0 radical (unpaired) electrons. The van der Waals surface area contributed by atoms with Gasteiger partial charge in [0.2, 0.25) is 5.91 Å². The van der Waals surface area contributed by atoms with Crippen LogP contribution in [0.2, 0.25) is 0 Å². The highest BCUT2D eigenvalue weighted by Gasteiger charge is 2.17. The van der Waals surface area contributed by atoms with Crippen molar-refractivity contribution in [2.75, 3.05) is 20.2 Å². The Morgan fingerprint density at radius 1 is 1.16 bits per heavy atom. The lowest BCUT2D eigenvalue weighted by molar-refractivity contribution is -0.119. The van der Waals surface area contributed by atoms with E-state index in [1.807, 2.05) is 31.2 Å². The molecule has 1 aromatic heterocycles. The molecule has 0 spiro atoms. The van der Waals surface area contributed by atoms with Crippen LogP contribution in [0, 0.1) is 0 Å². The smallest absolute Gasteiger partial charge is 0.250 e. The molecule has 25 heavy (non-hydrogen) atoms. The van der Waals surface area contributed by atoms with Gasteiger partial charge in [-0.05, 0) is 42.7 Å². The van der Waals surface area contributed by atoms with Crippen molar-refractivity contribution in [2.45, 2.75) is 24.0 Å². The van der Waals surface area contributed by atoms with Gasteiger partial charge in [0.05, 0.1) is 13.7 Å². The van der Waals surface area contributed by atoms with E-state index < -0.39 is 10.0 Å². The van der Waals surface area contributed by atoms with E-state index >= 15 is 0 Å². The van der Waals surface area contributed by atoms with E-state index in [-0.39, 0.29) is 16.7 Å². The molecule has 136 valence electrons. The number of ether oxygens (including phenoxy) is 1. The van der Waals surface area contributed by atoms with Gasteiger partial charge in [-0.3, -0.25) is 4.79 Å². The number of benzene rings is 1. The second-order valence-corrected chi connectivity index (χ2v) is 8.51. The van der Waals surface area contributed by atoms with Crippen molar-refractivity contribution in [3.63, 3.8) is 0 Å². The van der Waals surface area contributed by atoms with Crippen molar-refractivity contribution in [1.29, 1.82) is 0 Å². The molecule has 0 bridgehead atoms. The Hall–Kier alpha value is -1.90. The van der Waals surface area contributed by atoms with Crippen molar-refractivity contribution in [3.8, 4) is 5.75 Å². The summed E-state index contributed by atoms with van der Waals surface area (Å²) in [5.41, 5.74) is 1.06. The number of aryl methyl sites for hydroxylation is 1. The molecular formula is C17H22N2O4S2. The molecule has 1 aromatic carbocycles. The van der Waals surface area contributed by atoms with E-state index in [0.29, 0.717) is 13.0 Å². The summed E-state index contributed by atoms with van der Waals surface area (Å²) < 4.78 is 31.9. The molecule has 2 rings (SSSR count). The summed E-state index contributed by atoms with van der Waals surface area (Å²) in [6.07, 6.45) is 1.44. The highest BCUT2D eigenvalue weighted by molar-refractivity contribution is 7.91. The van der Waals surface area contributed by atoms with E-state index in [1.54, 1.807) is 19.2 Å². The number of carbonyl (C=O) groups excluding carboxylic acids is 1. The lowest BCUT2D eigenvalue weighted by atomic mass is 10.1. The van der Waals surface area contributed by atoms with Gasteiger partial charge in [0.1, 0.15) is 9.96 Å². The molecular weight excluding hydrogens is 360 g/mol. The third-order valence-corrected chi connectivity index (χ3v) is 6.69. The Bertz CT molecular complexity index is 798. The Labute approximate surface area is 152 Å². The van der Waals surface area contributed by atoms with Crippen LogP contribution in [-0.2, 0) is 27.7 Å². The van der Waals surface area contributed by atoms with Gasteiger partial charge in [0.25, 0.3) is 10.0 Å². The molecule has 0 aliphatic heterocycles. The third kappa shape index (κ3) is 5.84. The van der Waals surface area contributed by atoms with Gasteiger partial charge in [-0.2, -0.15) is 0 Å². The van der Waals surface area contributed by atoms with Gasteiger partial charge in [0, 0.05) is 11.4 Å². The summed E-state index contributed by atoms with van der Waals surface area (Å²) in [7, 11) is -2.03. The quantitative estimate of drug-likeness (QED) is 0.694. The average Bonchev–Trinajstić information content (AvgIpc) is 3.11. The van der Waals surface area contributed by atoms with Crippen LogP contribution in [0.1, 0.15) is 17.4 Å². The number of hydrogen-bond donors (Lipinski definition) is 2. The van der Waals surface area contributed by atoms with Gasteiger partial charge >= 0.3 is 0 Å². The first-order valence-electron chi connectivity index (χ1n) is 7.92. The number of amides is 1. The van der Waals surface area contributed by atoms with Crippen LogP contribution in [0.3, 0.4) is 0 Å². The molecule has 1 heterocycles. The summed E-state index contributed by atoms with van der Waals surface area (Å²) in [4.78, 5) is 12.8. The summed E-state index contributed by atoms with van der Waals surface area (Å²) in [5.74, 6) is 0.423. The lowest BCUT2D eigenvalue weighted by Gasteiger charge is -2.07. The Balaban J connectivity index is 1.76. The van der Waals surface area contributed by atoms with Gasteiger partial charge in [0.15, 0.2) is 0 Å². The highest BCUT2D eigenvalue weighted by atomic mass is 32.2. The van der Waals surface area contributed by atoms with Crippen LogP contribution in [0.4, 0.5) is 0 Å². The Kier molecular flexibility index (Phi) is 6.98. The molecule has 1 amide bonds. The van der Waals surface area contributed by atoms with Gasteiger partial charge in [-0.25, -0.2) is 13.1 Å². The fourth-order valence-electron chi connectivity index (χ4n) is 2.13. The minimum Gasteiger partial charge on any atom is -0.497 e. The molecule has 0 aliphatic rings. The van der Waals surface area contributed by atoms with Crippen LogP contribution in [0.5, 0.6) is 5.75 Å². The van der Waals surface area contributed by atoms with E-state index in [0.717, 1.165) is 22.6 Å². The molecule has 0 unspecified atom stereocenters. The number of hydrogen-bond acceptors (Lipinski definition) is 5. The number of carbonyl (C=O) groups is 1. The van der Waals surface area contributed by atoms with Crippen molar-refractivity contribution >= 4 is 27.3 Å². The van der Waals surface area contributed by atoms with Crippen molar-refractivity contribution in [3.05, 3.63) is 46.8 Å². The van der Waals surface area contributed by atoms with Crippen molar-refractivity contribution < 1.29 is 17.9 Å². The molecule has 0 saturated heterocycles. The molecule has 6 nitrogen and oxygen atoms in total. The summed E-state index contributed by atoms with van der Waals surface area (Å²) in [5, 5.41) is 2.71. The maximum Gasteiger partial charge on any atom is 0.250 e. The summed E-state index contributed by atoms with van der Waals surface area (Å²) >= 11 is 1.22. The summed E-state index contributed by atoms with van der Waals surface area (Å²) in [6, 6.07) is 10.9. The topological polar surface area (TPSA) is 84.5 Å². The third-order valence-electron chi connectivity index (χ3n) is 3.57. The molecule has 0 fully saturated rings. The molecule has 0 atom stereocenters. The maximum atomic E-state index is 12.1. The molecule has 8 heteroatoms.